The SMILES string of the molecule is COc1cc(C(C)=O)ccc1OS(=O)(=O)c1ccc(C)c([N+](=O)[O-])c1. The molecular weight excluding hydrogens is 350 g/mol. The molecule has 0 spiro atoms. The lowest BCUT2D eigenvalue weighted by molar-refractivity contribution is -0.385. The van der Waals surface area contributed by atoms with Crippen LogP contribution >= 0.6 is 0 Å². The van der Waals surface area contributed by atoms with Gasteiger partial charge in [-0.15, -0.1) is 0 Å². The molecule has 2 rings (SSSR count). The summed E-state index contributed by atoms with van der Waals surface area (Å²) in [5, 5.41) is 11.0. The van der Waals surface area contributed by atoms with Gasteiger partial charge in [-0.25, -0.2) is 0 Å². The third-order valence-corrected chi connectivity index (χ3v) is 4.67. The van der Waals surface area contributed by atoms with Crippen molar-refractivity contribution in [1.82, 2.24) is 0 Å². The van der Waals surface area contributed by atoms with Crippen molar-refractivity contribution in [3.05, 3.63) is 57.6 Å². The predicted octanol–water partition coefficient (Wildman–Crippen LogP) is 2.88. The number of nitro benzene ring substituents is 1. The standard InChI is InChI=1S/C16H15NO7S/c1-10-4-6-13(9-14(10)17(19)20)25(21,22)24-15-7-5-12(11(2)18)8-16(15)23-3/h4-9H,1-3H3. The van der Waals surface area contributed by atoms with Gasteiger partial charge >= 0.3 is 10.1 Å². The number of methoxy groups -OCH3 is 1. The van der Waals surface area contributed by atoms with Crippen molar-refractivity contribution in [3.63, 3.8) is 0 Å². The fraction of sp³-hybridized carbons (Fsp3) is 0.188. The van der Waals surface area contributed by atoms with Crippen LogP contribution in [0.5, 0.6) is 11.5 Å². The molecule has 0 aromatic heterocycles. The number of nitro groups is 1. The average Bonchev–Trinajstić information content (AvgIpc) is 2.54. The minimum atomic E-state index is -4.32. The monoisotopic (exact) mass is 365 g/mol. The van der Waals surface area contributed by atoms with Gasteiger partial charge in [0.25, 0.3) is 5.69 Å². The lowest BCUT2D eigenvalue weighted by Crippen LogP contribution is -2.11. The van der Waals surface area contributed by atoms with Gasteiger partial charge in [-0.1, -0.05) is 6.07 Å². The number of nitrogens with zero attached hydrogens (tertiary/aromatic N) is 1. The number of carbonyl (C=O) groups excluding carboxylic acids is 1. The van der Waals surface area contributed by atoms with Crippen LogP contribution in [0.4, 0.5) is 5.69 Å². The van der Waals surface area contributed by atoms with Crippen LogP contribution in [-0.2, 0) is 10.1 Å². The molecule has 9 heteroatoms. The Balaban J connectivity index is 2.44. The molecule has 0 saturated heterocycles. The number of aryl methyl sites for hydroxylation is 1. The lowest BCUT2D eigenvalue weighted by Gasteiger charge is -2.11. The topological polar surface area (TPSA) is 113 Å². The van der Waals surface area contributed by atoms with Crippen molar-refractivity contribution in [2.45, 2.75) is 18.7 Å². The van der Waals surface area contributed by atoms with Gasteiger partial charge in [-0.2, -0.15) is 8.42 Å². The number of hydrogen-bond acceptors (Lipinski definition) is 7. The summed E-state index contributed by atoms with van der Waals surface area (Å²) in [4.78, 5) is 21.3. The Kier molecular flexibility index (Phi) is 5.07. The molecule has 25 heavy (non-hydrogen) atoms. The van der Waals surface area contributed by atoms with Crippen molar-refractivity contribution < 1.29 is 27.1 Å². The zero-order chi connectivity index (χ0) is 18.8. The summed E-state index contributed by atoms with van der Waals surface area (Å²) in [5.41, 5.74) is 0.323. The first kappa shape index (κ1) is 18.4. The van der Waals surface area contributed by atoms with Gasteiger partial charge in [-0.05, 0) is 38.1 Å². The van der Waals surface area contributed by atoms with Crippen molar-refractivity contribution >= 4 is 21.6 Å². The minimum absolute atomic E-state index is 0.0536. The van der Waals surface area contributed by atoms with Crippen LogP contribution in [0.3, 0.4) is 0 Å². The van der Waals surface area contributed by atoms with Gasteiger partial charge < -0.3 is 8.92 Å². The number of Topliss-reactive ketones (excluding diaryl/α,β-unsaturated/α-hetero) is 1. The summed E-state index contributed by atoms with van der Waals surface area (Å²) >= 11 is 0. The largest absolute Gasteiger partial charge is 0.493 e. The van der Waals surface area contributed by atoms with Crippen LogP contribution in [0.1, 0.15) is 22.8 Å². The van der Waals surface area contributed by atoms with E-state index in [-0.39, 0.29) is 27.9 Å². The Morgan fingerprint density at radius 3 is 2.36 bits per heavy atom. The van der Waals surface area contributed by atoms with Gasteiger partial charge in [0.1, 0.15) is 4.90 Å². The van der Waals surface area contributed by atoms with Crippen LogP contribution in [0.2, 0.25) is 0 Å². The first-order valence-electron chi connectivity index (χ1n) is 7.04. The molecule has 0 bridgehead atoms. The number of ether oxygens (including phenoxy) is 1. The zero-order valence-electron chi connectivity index (χ0n) is 13.7. The third-order valence-electron chi connectivity index (χ3n) is 3.44. The summed E-state index contributed by atoms with van der Waals surface area (Å²) in [5.74, 6) is -0.296. The molecular formula is C16H15NO7S. The molecule has 0 aliphatic rings. The van der Waals surface area contributed by atoms with E-state index in [0.717, 1.165) is 6.07 Å². The van der Waals surface area contributed by atoms with Gasteiger partial charge in [0.2, 0.25) is 0 Å². The highest BCUT2D eigenvalue weighted by molar-refractivity contribution is 7.87. The van der Waals surface area contributed by atoms with E-state index >= 15 is 0 Å². The molecule has 0 fully saturated rings. The van der Waals surface area contributed by atoms with Crippen molar-refractivity contribution in [2.24, 2.45) is 0 Å². The first-order valence-corrected chi connectivity index (χ1v) is 8.45. The van der Waals surface area contributed by atoms with E-state index in [2.05, 4.69) is 0 Å². The van der Waals surface area contributed by atoms with Crippen molar-refractivity contribution in [1.29, 1.82) is 0 Å². The normalized spacial score (nSPS) is 11.0. The van der Waals surface area contributed by atoms with Crippen LogP contribution < -0.4 is 8.92 Å². The van der Waals surface area contributed by atoms with E-state index in [0.29, 0.717) is 11.1 Å². The molecule has 0 heterocycles. The second-order valence-corrected chi connectivity index (χ2v) is 6.71. The Bertz CT molecular complexity index is 951. The molecule has 8 nitrogen and oxygen atoms in total. The summed E-state index contributed by atoms with van der Waals surface area (Å²) in [7, 11) is -3.02. The minimum Gasteiger partial charge on any atom is -0.493 e. The fourth-order valence-electron chi connectivity index (χ4n) is 2.06. The van der Waals surface area contributed by atoms with Gasteiger partial charge in [0.05, 0.1) is 12.0 Å². The predicted molar refractivity (Wildman–Crippen MR) is 88.6 cm³/mol. The zero-order valence-corrected chi connectivity index (χ0v) is 14.5. The van der Waals surface area contributed by atoms with E-state index in [9.17, 15) is 23.3 Å². The summed E-state index contributed by atoms with van der Waals surface area (Å²) in [6, 6.07) is 7.51. The Labute approximate surface area is 144 Å². The molecule has 0 radical (unpaired) electrons. The summed E-state index contributed by atoms with van der Waals surface area (Å²) < 4.78 is 34.9. The summed E-state index contributed by atoms with van der Waals surface area (Å²) in [6.07, 6.45) is 0. The van der Waals surface area contributed by atoms with Crippen LogP contribution in [0, 0.1) is 17.0 Å². The van der Waals surface area contributed by atoms with E-state index in [4.69, 9.17) is 8.92 Å². The quantitative estimate of drug-likeness (QED) is 0.335. The number of benzene rings is 2. The first-order chi connectivity index (χ1) is 11.7. The molecule has 0 saturated carbocycles. The molecule has 0 atom stereocenters. The fourth-order valence-corrected chi connectivity index (χ4v) is 3.02. The highest BCUT2D eigenvalue weighted by Gasteiger charge is 2.23. The van der Waals surface area contributed by atoms with E-state index < -0.39 is 15.0 Å². The van der Waals surface area contributed by atoms with Crippen LogP contribution in [0.15, 0.2) is 41.3 Å². The molecule has 0 N–H and O–H groups in total. The Morgan fingerprint density at radius 1 is 1.12 bits per heavy atom. The number of ketones is 1. The third kappa shape index (κ3) is 3.94. The molecule has 2 aromatic rings. The molecule has 0 aliphatic carbocycles. The van der Waals surface area contributed by atoms with Crippen molar-refractivity contribution in [3.8, 4) is 11.5 Å². The van der Waals surface area contributed by atoms with Crippen molar-refractivity contribution in [2.75, 3.05) is 7.11 Å². The van der Waals surface area contributed by atoms with E-state index in [1.165, 1.54) is 51.3 Å². The van der Waals surface area contributed by atoms with Crippen LogP contribution in [0.25, 0.3) is 0 Å². The highest BCUT2D eigenvalue weighted by atomic mass is 32.2. The number of hydrogen-bond donors (Lipinski definition) is 0. The molecule has 0 amide bonds. The molecule has 0 unspecified atom stereocenters. The van der Waals surface area contributed by atoms with E-state index in [1.54, 1.807) is 0 Å². The van der Waals surface area contributed by atoms with Gasteiger partial charge in [0, 0.05) is 17.2 Å². The average molecular weight is 365 g/mol. The van der Waals surface area contributed by atoms with Gasteiger partial charge in [0.15, 0.2) is 17.3 Å². The number of rotatable bonds is 6. The smallest absolute Gasteiger partial charge is 0.339 e. The molecule has 0 aliphatic heterocycles. The lowest BCUT2D eigenvalue weighted by atomic mass is 10.1. The maximum atomic E-state index is 12.4. The maximum Gasteiger partial charge on any atom is 0.339 e. The van der Waals surface area contributed by atoms with E-state index in [1.807, 2.05) is 0 Å². The molecule has 2 aromatic carbocycles. The summed E-state index contributed by atoms with van der Waals surface area (Å²) in [6.45, 7) is 2.86. The van der Waals surface area contributed by atoms with Gasteiger partial charge in [-0.3, -0.25) is 14.9 Å². The maximum absolute atomic E-state index is 12.4. The molecule has 132 valence electrons. The Morgan fingerprint density at radius 2 is 1.80 bits per heavy atom. The highest BCUT2D eigenvalue weighted by Crippen LogP contribution is 2.32. The Hall–Kier alpha value is -2.94. The van der Waals surface area contributed by atoms with Crippen LogP contribution in [-0.4, -0.2) is 26.2 Å². The second kappa shape index (κ2) is 6.89. The number of carbonyl (C=O) groups is 1. The second-order valence-electron chi connectivity index (χ2n) is 5.16.